The van der Waals surface area contributed by atoms with Crippen LogP contribution in [0.1, 0.15) is 21.5 Å². The summed E-state index contributed by atoms with van der Waals surface area (Å²) < 4.78 is 7.87. The Morgan fingerprint density at radius 1 is 1.09 bits per heavy atom. The average Bonchev–Trinajstić information content (AvgIpc) is 3.22. The monoisotopic (exact) mass is 426 g/mol. The Bertz CT molecular complexity index is 1200. The largest absolute Gasteiger partial charge is 0.379 e. The molecule has 2 aromatic carbocycles. The van der Waals surface area contributed by atoms with Gasteiger partial charge in [0.25, 0.3) is 5.91 Å². The topological polar surface area (TPSA) is 60.2 Å². The number of amides is 1. The van der Waals surface area contributed by atoms with Crippen LogP contribution < -0.4 is 0 Å². The summed E-state index contributed by atoms with van der Waals surface area (Å²) in [6.45, 7) is 3.18. The van der Waals surface area contributed by atoms with Crippen LogP contribution in [0.2, 0.25) is 0 Å². The Kier molecular flexibility index (Phi) is 5.94. The summed E-state index contributed by atoms with van der Waals surface area (Å²) in [4.78, 5) is 24.0. The van der Waals surface area contributed by atoms with Crippen molar-refractivity contribution in [3.05, 3.63) is 96.2 Å². The Morgan fingerprint density at radius 2 is 2.00 bits per heavy atom. The zero-order valence-corrected chi connectivity index (χ0v) is 17.9. The van der Waals surface area contributed by atoms with Gasteiger partial charge in [-0.05, 0) is 35.7 Å². The average molecular weight is 427 g/mol. The number of hydrogen-bond acceptors (Lipinski definition) is 4. The van der Waals surface area contributed by atoms with Crippen LogP contribution in [0.3, 0.4) is 0 Å². The van der Waals surface area contributed by atoms with Gasteiger partial charge in [0.1, 0.15) is 0 Å². The van der Waals surface area contributed by atoms with Crippen LogP contribution >= 0.6 is 0 Å². The lowest BCUT2D eigenvalue weighted by molar-refractivity contribution is 0.0737. The van der Waals surface area contributed by atoms with Crippen molar-refractivity contribution in [2.24, 2.45) is 5.92 Å². The summed E-state index contributed by atoms with van der Waals surface area (Å²) in [7, 11) is 0. The number of hydrogen-bond donors (Lipinski definition) is 0. The smallest absolute Gasteiger partial charge is 0.253 e. The number of carbonyl (C=O) groups is 1. The van der Waals surface area contributed by atoms with Crippen LogP contribution in [0.25, 0.3) is 10.9 Å². The molecule has 0 N–H and O–H groups in total. The van der Waals surface area contributed by atoms with Crippen molar-refractivity contribution in [1.82, 2.24) is 19.4 Å². The highest BCUT2D eigenvalue weighted by Crippen LogP contribution is 2.22. The van der Waals surface area contributed by atoms with E-state index in [0.717, 1.165) is 28.5 Å². The summed E-state index contributed by atoms with van der Waals surface area (Å²) in [6.07, 6.45) is 8.14. The van der Waals surface area contributed by atoms with E-state index in [0.29, 0.717) is 32.8 Å². The van der Waals surface area contributed by atoms with Gasteiger partial charge in [0.2, 0.25) is 0 Å². The first-order valence-corrected chi connectivity index (χ1v) is 11.0. The van der Waals surface area contributed by atoms with Crippen molar-refractivity contribution < 1.29 is 9.53 Å². The lowest BCUT2D eigenvalue weighted by Crippen LogP contribution is -2.36. The van der Waals surface area contributed by atoms with Crippen molar-refractivity contribution in [3.8, 4) is 0 Å². The molecule has 1 aliphatic heterocycles. The first-order chi connectivity index (χ1) is 15.8. The Labute approximate surface area is 187 Å². The molecule has 0 bridgehead atoms. The molecule has 6 heteroatoms. The molecule has 4 aromatic rings. The fourth-order valence-corrected chi connectivity index (χ4v) is 4.41. The van der Waals surface area contributed by atoms with E-state index < -0.39 is 0 Å². The number of benzene rings is 2. The molecule has 1 atom stereocenters. The van der Waals surface area contributed by atoms with E-state index in [-0.39, 0.29) is 11.8 Å². The first-order valence-electron chi connectivity index (χ1n) is 11.0. The highest BCUT2D eigenvalue weighted by Gasteiger charge is 2.24. The molecule has 5 rings (SSSR count). The predicted molar refractivity (Wildman–Crippen MR) is 123 cm³/mol. The highest BCUT2D eigenvalue weighted by molar-refractivity contribution is 5.94. The van der Waals surface area contributed by atoms with Gasteiger partial charge in [-0.15, -0.1) is 0 Å². The molecular weight excluding hydrogens is 400 g/mol. The van der Waals surface area contributed by atoms with Crippen LogP contribution in [-0.4, -0.2) is 51.6 Å². The minimum Gasteiger partial charge on any atom is -0.379 e. The number of para-hydroxylation sites is 1. The quantitative estimate of drug-likeness (QED) is 0.487. The Morgan fingerprint density at radius 3 is 2.91 bits per heavy atom. The van der Waals surface area contributed by atoms with Gasteiger partial charge in [0, 0.05) is 55.1 Å². The minimum atomic E-state index is 0.0593. The Hall–Kier alpha value is -3.51. The molecule has 1 aliphatic rings. The highest BCUT2D eigenvalue weighted by atomic mass is 16.5. The zero-order chi connectivity index (χ0) is 21.8. The van der Waals surface area contributed by atoms with E-state index in [1.807, 2.05) is 52.2 Å². The van der Waals surface area contributed by atoms with E-state index in [9.17, 15) is 4.79 Å². The lowest BCUT2D eigenvalue weighted by atomic mass is 9.97. The number of fused-ring (bicyclic) bond motifs is 1. The maximum atomic E-state index is 13.4. The van der Waals surface area contributed by atoms with Gasteiger partial charge in [-0.25, -0.2) is 4.98 Å². The summed E-state index contributed by atoms with van der Waals surface area (Å²) in [5, 5.41) is 1.14. The molecule has 0 spiro atoms. The molecule has 0 saturated carbocycles. The number of carbonyl (C=O) groups excluding carboxylic acids is 1. The minimum absolute atomic E-state index is 0.0593. The van der Waals surface area contributed by atoms with Gasteiger partial charge < -0.3 is 14.2 Å². The van der Waals surface area contributed by atoms with Crippen molar-refractivity contribution >= 4 is 16.8 Å². The van der Waals surface area contributed by atoms with Crippen LogP contribution in [0.15, 0.2) is 79.5 Å². The molecule has 1 saturated heterocycles. The third kappa shape index (κ3) is 4.55. The number of aromatic nitrogens is 3. The second-order valence-corrected chi connectivity index (χ2v) is 8.32. The van der Waals surface area contributed by atoms with Gasteiger partial charge >= 0.3 is 0 Å². The van der Waals surface area contributed by atoms with Gasteiger partial charge in [0.05, 0.1) is 25.1 Å². The molecule has 1 amide bonds. The molecule has 3 heterocycles. The van der Waals surface area contributed by atoms with Crippen molar-refractivity contribution in [2.45, 2.75) is 13.0 Å². The number of ether oxygens (including phenoxy) is 1. The van der Waals surface area contributed by atoms with E-state index >= 15 is 0 Å². The van der Waals surface area contributed by atoms with Crippen molar-refractivity contribution in [1.29, 1.82) is 0 Å². The van der Waals surface area contributed by atoms with Gasteiger partial charge in [-0.2, -0.15) is 0 Å². The SMILES string of the molecule is O=C(c1cccc(Cn2ccnc2)c1)N1CCOCC(Cc2cccc3cccnc23)C1. The summed E-state index contributed by atoms with van der Waals surface area (Å²) in [6, 6.07) is 18.2. The van der Waals surface area contributed by atoms with Crippen LogP contribution in [-0.2, 0) is 17.7 Å². The fraction of sp³-hybridized carbons (Fsp3) is 0.269. The molecule has 6 nitrogen and oxygen atoms in total. The van der Waals surface area contributed by atoms with Gasteiger partial charge in [-0.3, -0.25) is 9.78 Å². The normalized spacial score (nSPS) is 16.8. The summed E-state index contributed by atoms with van der Waals surface area (Å²) in [5.41, 5.74) is 4.03. The molecule has 0 radical (unpaired) electrons. The van der Waals surface area contributed by atoms with Crippen molar-refractivity contribution in [3.63, 3.8) is 0 Å². The van der Waals surface area contributed by atoms with Crippen molar-refractivity contribution in [2.75, 3.05) is 26.3 Å². The standard InChI is InChI=1S/C26H26N4O2/c31-26(24-7-1-4-20(14-24)16-29-11-10-27-19-29)30-12-13-32-18-21(17-30)15-23-6-2-5-22-8-3-9-28-25(22)23/h1-11,14,19,21H,12-13,15-18H2. The molecule has 1 unspecified atom stereocenters. The van der Waals surface area contributed by atoms with E-state index in [2.05, 4.69) is 34.2 Å². The van der Waals surface area contributed by atoms with E-state index in [1.165, 1.54) is 5.56 Å². The lowest BCUT2D eigenvalue weighted by Gasteiger charge is -2.24. The van der Waals surface area contributed by atoms with Crippen LogP contribution in [0.4, 0.5) is 0 Å². The number of nitrogens with zero attached hydrogens (tertiary/aromatic N) is 4. The molecule has 1 fully saturated rings. The molecule has 162 valence electrons. The Balaban J connectivity index is 1.32. The molecule has 0 aliphatic carbocycles. The van der Waals surface area contributed by atoms with Crippen LogP contribution in [0, 0.1) is 5.92 Å². The number of rotatable bonds is 5. The third-order valence-corrected chi connectivity index (χ3v) is 5.95. The maximum absolute atomic E-state index is 13.4. The number of imidazole rings is 1. The molecular formula is C26H26N4O2. The fourth-order valence-electron chi connectivity index (χ4n) is 4.41. The molecule has 32 heavy (non-hydrogen) atoms. The zero-order valence-electron chi connectivity index (χ0n) is 17.9. The van der Waals surface area contributed by atoms with Gasteiger partial charge in [0.15, 0.2) is 0 Å². The number of pyridine rings is 1. The summed E-state index contributed by atoms with van der Waals surface area (Å²) >= 11 is 0. The molecule has 2 aromatic heterocycles. The van der Waals surface area contributed by atoms with Crippen LogP contribution in [0.5, 0.6) is 0 Å². The second-order valence-electron chi connectivity index (χ2n) is 8.32. The second kappa shape index (κ2) is 9.32. The van der Waals surface area contributed by atoms with E-state index in [4.69, 9.17) is 4.74 Å². The van der Waals surface area contributed by atoms with E-state index in [1.54, 1.807) is 12.5 Å². The third-order valence-electron chi connectivity index (χ3n) is 5.95. The van der Waals surface area contributed by atoms with Gasteiger partial charge in [-0.1, -0.05) is 36.4 Å². The first kappa shape index (κ1) is 20.4. The maximum Gasteiger partial charge on any atom is 0.253 e. The summed E-state index contributed by atoms with van der Waals surface area (Å²) in [5.74, 6) is 0.284. The predicted octanol–water partition coefficient (Wildman–Crippen LogP) is 3.81.